The van der Waals surface area contributed by atoms with Gasteiger partial charge in [-0.15, -0.1) is 0 Å². The van der Waals surface area contributed by atoms with Gasteiger partial charge in [-0.3, -0.25) is 29.1 Å². The van der Waals surface area contributed by atoms with Crippen molar-refractivity contribution < 1.29 is 33.8 Å². The van der Waals surface area contributed by atoms with Crippen LogP contribution >= 0.6 is 0 Å². The molecule has 4 amide bonds. The molecule has 49 heavy (non-hydrogen) atoms. The maximum Gasteiger partial charge on any atom is 0.247 e. The number of hydrogen-bond acceptors (Lipinski definition) is 9. The Morgan fingerprint density at radius 1 is 1.06 bits per heavy atom. The molecular weight excluding hydrogens is 628 g/mol. The molecule has 1 aliphatic rings. The molecule has 0 bridgehead atoms. The molecule has 1 aromatic heterocycles. The summed E-state index contributed by atoms with van der Waals surface area (Å²) < 4.78 is 11.8. The van der Waals surface area contributed by atoms with E-state index >= 15 is 0 Å². The number of hydrogen-bond donors (Lipinski definition) is 3. The SMILES string of the molecule is CC[C@H](C)[C@@H]([C@@H](CC(=O)N1CCC[C@H]1[C@H](OC)[C@@H](C)C(=O)NCCc1ccccn1)OC)N(C)C(=O)[C@H](CO)NC(=O)C(C(C)C)N(C)C. The van der Waals surface area contributed by atoms with Crippen LogP contribution in [0.25, 0.3) is 0 Å². The van der Waals surface area contributed by atoms with E-state index in [1.807, 2.05) is 52.8 Å². The summed E-state index contributed by atoms with van der Waals surface area (Å²) in [6, 6.07) is 3.23. The van der Waals surface area contributed by atoms with Crippen LogP contribution < -0.4 is 10.6 Å². The summed E-state index contributed by atoms with van der Waals surface area (Å²) in [5.41, 5.74) is 0.891. The first-order chi connectivity index (χ1) is 23.2. The Kier molecular flexibility index (Phi) is 17.6. The van der Waals surface area contributed by atoms with E-state index in [0.717, 1.165) is 12.1 Å². The first-order valence-corrected chi connectivity index (χ1v) is 17.6. The molecule has 1 fully saturated rings. The molecule has 0 aromatic carbocycles. The highest BCUT2D eigenvalue weighted by Gasteiger charge is 2.42. The van der Waals surface area contributed by atoms with Gasteiger partial charge in [-0.25, -0.2) is 0 Å². The predicted octanol–water partition coefficient (Wildman–Crippen LogP) is 1.72. The number of amides is 4. The van der Waals surface area contributed by atoms with E-state index in [0.29, 0.717) is 32.4 Å². The molecule has 0 saturated carbocycles. The summed E-state index contributed by atoms with van der Waals surface area (Å²) in [4.78, 5) is 63.5. The number of aromatic nitrogens is 1. The van der Waals surface area contributed by atoms with Gasteiger partial charge in [0, 0.05) is 52.7 Å². The Bertz CT molecular complexity index is 1180. The van der Waals surface area contributed by atoms with Gasteiger partial charge in [0.1, 0.15) is 6.04 Å². The summed E-state index contributed by atoms with van der Waals surface area (Å²) >= 11 is 0. The number of methoxy groups -OCH3 is 2. The van der Waals surface area contributed by atoms with Gasteiger partial charge in [-0.05, 0) is 50.9 Å². The van der Waals surface area contributed by atoms with E-state index in [4.69, 9.17) is 9.47 Å². The average Bonchev–Trinajstić information content (AvgIpc) is 3.56. The zero-order chi connectivity index (χ0) is 36.8. The molecule has 0 spiro atoms. The maximum atomic E-state index is 14.0. The van der Waals surface area contributed by atoms with Crippen LogP contribution in [0.3, 0.4) is 0 Å². The summed E-state index contributed by atoms with van der Waals surface area (Å²) in [7, 11) is 8.32. The number of nitrogens with one attached hydrogen (secondary N) is 2. The summed E-state index contributed by atoms with van der Waals surface area (Å²) in [6.07, 6.45) is 3.34. The Hall–Kier alpha value is -3.13. The van der Waals surface area contributed by atoms with E-state index in [1.54, 1.807) is 44.2 Å². The zero-order valence-electron chi connectivity index (χ0n) is 31.3. The van der Waals surface area contributed by atoms with Gasteiger partial charge in [-0.2, -0.15) is 0 Å². The molecule has 13 heteroatoms. The fourth-order valence-corrected chi connectivity index (χ4v) is 7.15. The van der Waals surface area contributed by atoms with Crippen molar-refractivity contribution in [3.63, 3.8) is 0 Å². The summed E-state index contributed by atoms with van der Waals surface area (Å²) in [5, 5.41) is 15.9. The van der Waals surface area contributed by atoms with E-state index < -0.39 is 48.8 Å². The first-order valence-electron chi connectivity index (χ1n) is 17.6. The standard InChI is InChI=1S/C36H62N6O7/c1-11-24(4)32(41(8)36(47)27(22-43)39-35(46)31(23(2)3)40(6)7)29(48-9)21-30(44)42-20-14-16-28(42)33(49-10)25(5)34(45)38-19-17-26-15-12-13-18-37-26/h12-13,15,18,23-25,27-29,31-33,43H,11,14,16-17,19-22H2,1-10H3,(H,38,45)(H,39,46)/t24-,25+,27-,28-,29+,31?,32-,33+/m0/s1. The Labute approximate surface area is 293 Å². The molecular formula is C36H62N6O7. The van der Waals surface area contributed by atoms with Gasteiger partial charge in [-0.1, -0.05) is 47.1 Å². The second-order valence-corrected chi connectivity index (χ2v) is 13.8. The lowest BCUT2D eigenvalue weighted by Crippen LogP contribution is -2.59. The van der Waals surface area contributed by atoms with Crippen molar-refractivity contribution in [2.45, 2.75) is 103 Å². The van der Waals surface area contributed by atoms with Gasteiger partial charge >= 0.3 is 0 Å². The molecule has 1 aromatic rings. The first kappa shape index (κ1) is 42.0. The van der Waals surface area contributed by atoms with Gasteiger partial charge in [0.25, 0.3) is 0 Å². The smallest absolute Gasteiger partial charge is 0.247 e. The number of carbonyl (C=O) groups is 4. The largest absolute Gasteiger partial charge is 0.394 e. The Morgan fingerprint density at radius 2 is 1.76 bits per heavy atom. The number of nitrogens with zero attached hydrogens (tertiary/aromatic N) is 4. The normalized spacial score (nSPS) is 19.1. The molecule has 13 nitrogen and oxygen atoms in total. The summed E-state index contributed by atoms with van der Waals surface area (Å²) in [5.74, 6) is -1.68. The van der Waals surface area contributed by atoms with Crippen LogP contribution in [0.2, 0.25) is 0 Å². The lowest BCUT2D eigenvalue weighted by atomic mass is 9.90. The highest BCUT2D eigenvalue weighted by Crippen LogP contribution is 2.29. The number of ether oxygens (including phenoxy) is 2. The van der Waals surface area contributed by atoms with Crippen LogP contribution in [0.1, 0.15) is 66.0 Å². The van der Waals surface area contributed by atoms with Crippen molar-refractivity contribution in [1.29, 1.82) is 0 Å². The minimum Gasteiger partial charge on any atom is -0.394 e. The third-order valence-corrected chi connectivity index (χ3v) is 9.92. The molecule has 0 radical (unpaired) electrons. The predicted molar refractivity (Wildman–Crippen MR) is 188 cm³/mol. The molecule has 1 unspecified atom stereocenters. The van der Waals surface area contributed by atoms with Crippen LogP contribution in [0.4, 0.5) is 0 Å². The third-order valence-electron chi connectivity index (χ3n) is 9.92. The van der Waals surface area contributed by atoms with Crippen LogP contribution in [0.5, 0.6) is 0 Å². The van der Waals surface area contributed by atoms with Crippen LogP contribution in [-0.2, 0) is 35.1 Å². The second-order valence-electron chi connectivity index (χ2n) is 13.8. The lowest BCUT2D eigenvalue weighted by Gasteiger charge is -2.40. The number of aliphatic hydroxyl groups is 1. The summed E-state index contributed by atoms with van der Waals surface area (Å²) in [6.45, 7) is 10.1. The molecule has 1 aliphatic heterocycles. The molecule has 278 valence electrons. The minimum atomic E-state index is -1.15. The highest BCUT2D eigenvalue weighted by atomic mass is 16.5. The number of rotatable bonds is 20. The number of likely N-dealkylation sites (N-methyl/N-ethyl adjacent to an activating group) is 2. The lowest BCUT2D eigenvalue weighted by molar-refractivity contribution is -0.148. The highest BCUT2D eigenvalue weighted by molar-refractivity contribution is 5.90. The topological polar surface area (TPSA) is 154 Å². The minimum absolute atomic E-state index is 0.00686. The quantitative estimate of drug-likeness (QED) is 0.186. The number of carbonyl (C=O) groups excluding carboxylic acids is 4. The number of pyridine rings is 1. The number of aliphatic hydroxyl groups excluding tert-OH is 1. The molecule has 3 N–H and O–H groups in total. The monoisotopic (exact) mass is 690 g/mol. The molecule has 2 heterocycles. The van der Waals surface area contributed by atoms with Crippen molar-refractivity contribution in [1.82, 2.24) is 30.3 Å². The van der Waals surface area contributed by atoms with E-state index in [2.05, 4.69) is 15.6 Å². The molecule has 0 aliphatic carbocycles. The Balaban J connectivity index is 2.18. The molecule has 1 saturated heterocycles. The zero-order valence-corrected chi connectivity index (χ0v) is 31.3. The Morgan fingerprint density at radius 3 is 2.29 bits per heavy atom. The fraction of sp³-hybridized carbons (Fsp3) is 0.750. The van der Waals surface area contributed by atoms with Gasteiger partial charge in [0.05, 0.1) is 49.3 Å². The van der Waals surface area contributed by atoms with E-state index in [-0.39, 0.29) is 42.0 Å². The second kappa shape index (κ2) is 20.5. The van der Waals surface area contributed by atoms with E-state index in [1.165, 1.54) is 12.0 Å². The maximum absolute atomic E-state index is 14.0. The van der Waals surface area contributed by atoms with Crippen molar-refractivity contribution in [3.05, 3.63) is 30.1 Å². The third kappa shape index (κ3) is 11.4. The van der Waals surface area contributed by atoms with Crippen molar-refractivity contribution >= 4 is 23.6 Å². The average molecular weight is 691 g/mol. The van der Waals surface area contributed by atoms with Gasteiger partial charge in [0.15, 0.2) is 0 Å². The van der Waals surface area contributed by atoms with E-state index in [9.17, 15) is 24.3 Å². The van der Waals surface area contributed by atoms with Crippen LogP contribution in [0, 0.1) is 17.8 Å². The molecule has 2 rings (SSSR count). The fourth-order valence-electron chi connectivity index (χ4n) is 7.15. The van der Waals surface area contributed by atoms with Gasteiger partial charge in [0.2, 0.25) is 23.6 Å². The van der Waals surface area contributed by atoms with Crippen LogP contribution in [-0.4, -0.2) is 140 Å². The number of likely N-dealkylation sites (tertiary alicyclic amines) is 1. The van der Waals surface area contributed by atoms with Crippen molar-refractivity contribution in [2.75, 3.05) is 55.1 Å². The van der Waals surface area contributed by atoms with Gasteiger partial charge < -0.3 is 35.0 Å². The molecule has 8 atom stereocenters. The van der Waals surface area contributed by atoms with Crippen LogP contribution in [0.15, 0.2) is 24.4 Å². The van der Waals surface area contributed by atoms with Crippen molar-refractivity contribution in [3.8, 4) is 0 Å². The van der Waals surface area contributed by atoms with Crippen molar-refractivity contribution in [2.24, 2.45) is 17.8 Å².